The standard InChI is InChI=1S/C10H19N5S/c1-7(11-2)10-12-13-14-15(10)8-5-4-6-9(8)16-3/h7-9,11H,4-6H2,1-3H3. The molecule has 1 aliphatic rings. The van der Waals surface area contributed by atoms with Crippen molar-refractivity contribution in [2.24, 2.45) is 0 Å². The minimum atomic E-state index is 0.207. The van der Waals surface area contributed by atoms with Crippen molar-refractivity contribution in [2.75, 3.05) is 13.3 Å². The summed E-state index contributed by atoms with van der Waals surface area (Å²) < 4.78 is 2.02. The number of thioether (sulfide) groups is 1. The van der Waals surface area contributed by atoms with Gasteiger partial charge in [0.1, 0.15) is 0 Å². The van der Waals surface area contributed by atoms with Crippen molar-refractivity contribution in [3.63, 3.8) is 0 Å². The Morgan fingerprint density at radius 1 is 1.50 bits per heavy atom. The molecule has 6 heteroatoms. The molecule has 0 saturated heterocycles. The number of tetrazole rings is 1. The van der Waals surface area contributed by atoms with E-state index in [1.807, 2.05) is 23.5 Å². The highest BCUT2D eigenvalue weighted by Gasteiger charge is 2.31. The number of hydrogen-bond acceptors (Lipinski definition) is 5. The van der Waals surface area contributed by atoms with Gasteiger partial charge in [-0.1, -0.05) is 6.42 Å². The molecule has 1 aliphatic carbocycles. The third-order valence-electron chi connectivity index (χ3n) is 3.37. The van der Waals surface area contributed by atoms with Gasteiger partial charge in [0, 0.05) is 5.25 Å². The van der Waals surface area contributed by atoms with Crippen LogP contribution in [-0.4, -0.2) is 38.8 Å². The Morgan fingerprint density at radius 2 is 2.31 bits per heavy atom. The van der Waals surface area contributed by atoms with Gasteiger partial charge >= 0.3 is 0 Å². The fourth-order valence-electron chi connectivity index (χ4n) is 2.31. The monoisotopic (exact) mass is 241 g/mol. The summed E-state index contributed by atoms with van der Waals surface area (Å²) in [6, 6.07) is 0.675. The Morgan fingerprint density at radius 3 is 3.00 bits per heavy atom. The first-order valence-electron chi connectivity index (χ1n) is 5.75. The molecular weight excluding hydrogens is 222 g/mol. The minimum Gasteiger partial charge on any atom is -0.311 e. The molecule has 0 amide bonds. The molecule has 90 valence electrons. The lowest BCUT2D eigenvalue weighted by atomic mass is 10.2. The molecule has 1 fully saturated rings. The average Bonchev–Trinajstić information content (AvgIpc) is 2.94. The highest BCUT2D eigenvalue weighted by molar-refractivity contribution is 7.99. The van der Waals surface area contributed by atoms with Crippen LogP contribution in [0.5, 0.6) is 0 Å². The summed E-state index contributed by atoms with van der Waals surface area (Å²) in [5.74, 6) is 0.952. The lowest BCUT2D eigenvalue weighted by Crippen LogP contribution is -2.24. The lowest BCUT2D eigenvalue weighted by molar-refractivity contribution is 0.424. The lowest BCUT2D eigenvalue weighted by Gasteiger charge is -2.20. The molecule has 0 radical (unpaired) electrons. The first-order valence-corrected chi connectivity index (χ1v) is 7.04. The summed E-state index contributed by atoms with van der Waals surface area (Å²) >= 11 is 1.93. The molecule has 3 unspecified atom stereocenters. The summed E-state index contributed by atoms with van der Waals surface area (Å²) in [6.07, 6.45) is 5.93. The van der Waals surface area contributed by atoms with E-state index in [0.717, 1.165) is 5.82 Å². The average molecular weight is 241 g/mol. The van der Waals surface area contributed by atoms with Crippen molar-refractivity contribution in [1.29, 1.82) is 0 Å². The van der Waals surface area contributed by atoms with Crippen molar-refractivity contribution in [3.8, 4) is 0 Å². The van der Waals surface area contributed by atoms with Crippen LogP contribution in [0.2, 0.25) is 0 Å². The molecule has 5 nitrogen and oxygen atoms in total. The minimum absolute atomic E-state index is 0.207. The van der Waals surface area contributed by atoms with Gasteiger partial charge in [-0.3, -0.25) is 0 Å². The van der Waals surface area contributed by atoms with Crippen molar-refractivity contribution in [3.05, 3.63) is 5.82 Å². The second-order valence-corrected chi connectivity index (χ2v) is 5.34. The highest BCUT2D eigenvalue weighted by atomic mass is 32.2. The smallest absolute Gasteiger partial charge is 0.168 e. The van der Waals surface area contributed by atoms with E-state index in [9.17, 15) is 0 Å². The third kappa shape index (κ3) is 2.08. The number of hydrogen-bond donors (Lipinski definition) is 1. The van der Waals surface area contributed by atoms with Crippen LogP contribution in [0.25, 0.3) is 0 Å². The van der Waals surface area contributed by atoms with Crippen LogP contribution < -0.4 is 5.32 Å². The Bertz CT molecular complexity index is 340. The predicted octanol–water partition coefficient (Wildman–Crippen LogP) is 1.41. The van der Waals surface area contributed by atoms with Crippen molar-refractivity contribution in [2.45, 2.75) is 43.5 Å². The maximum absolute atomic E-state index is 4.17. The van der Waals surface area contributed by atoms with E-state index in [1.165, 1.54) is 19.3 Å². The van der Waals surface area contributed by atoms with Crippen LogP contribution in [-0.2, 0) is 0 Å². The van der Waals surface area contributed by atoms with Gasteiger partial charge in [0.15, 0.2) is 5.82 Å². The maximum Gasteiger partial charge on any atom is 0.168 e. The SMILES string of the molecule is CNC(C)c1nnnn1C1CCCC1SC. The molecule has 1 saturated carbocycles. The van der Waals surface area contributed by atoms with Crippen LogP contribution in [0.4, 0.5) is 0 Å². The van der Waals surface area contributed by atoms with E-state index < -0.39 is 0 Å². The van der Waals surface area contributed by atoms with Gasteiger partial charge in [0.2, 0.25) is 0 Å². The van der Waals surface area contributed by atoms with E-state index in [4.69, 9.17) is 0 Å². The molecule has 0 aromatic carbocycles. The highest BCUT2D eigenvalue weighted by Crippen LogP contribution is 2.37. The zero-order chi connectivity index (χ0) is 11.5. The summed E-state index contributed by atoms with van der Waals surface area (Å²) in [5, 5.41) is 16.0. The second-order valence-electron chi connectivity index (χ2n) is 4.26. The van der Waals surface area contributed by atoms with Gasteiger partial charge in [0.25, 0.3) is 0 Å². The van der Waals surface area contributed by atoms with E-state index in [1.54, 1.807) is 0 Å². The van der Waals surface area contributed by atoms with Crippen molar-refractivity contribution in [1.82, 2.24) is 25.5 Å². The first kappa shape index (κ1) is 11.9. The summed E-state index contributed by atoms with van der Waals surface area (Å²) in [4.78, 5) is 0. The van der Waals surface area contributed by atoms with Crippen molar-refractivity contribution < 1.29 is 0 Å². The largest absolute Gasteiger partial charge is 0.311 e. The molecular formula is C10H19N5S. The van der Waals surface area contributed by atoms with Gasteiger partial charge in [-0.05, 0) is 43.5 Å². The van der Waals surface area contributed by atoms with E-state index in [2.05, 4.69) is 34.0 Å². The zero-order valence-electron chi connectivity index (χ0n) is 10.1. The van der Waals surface area contributed by atoms with E-state index in [-0.39, 0.29) is 6.04 Å². The number of rotatable bonds is 4. The first-order chi connectivity index (χ1) is 7.77. The van der Waals surface area contributed by atoms with E-state index >= 15 is 0 Å². The molecule has 16 heavy (non-hydrogen) atoms. The molecule has 0 aliphatic heterocycles. The Kier molecular flexibility index (Phi) is 3.81. The molecule has 0 bridgehead atoms. The van der Waals surface area contributed by atoms with Crippen LogP contribution in [0.1, 0.15) is 44.1 Å². The molecule has 0 spiro atoms. The topological polar surface area (TPSA) is 55.6 Å². The van der Waals surface area contributed by atoms with Crippen LogP contribution in [0.15, 0.2) is 0 Å². The fraction of sp³-hybridized carbons (Fsp3) is 0.900. The van der Waals surface area contributed by atoms with Gasteiger partial charge in [0.05, 0.1) is 12.1 Å². The van der Waals surface area contributed by atoms with Gasteiger partial charge < -0.3 is 5.32 Å². The van der Waals surface area contributed by atoms with Crippen LogP contribution in [0.3, 0.4) is 0 Å². The zero-order valence-corrected chi connectivity index (χ0v) is 10.9. The Labute approximate surface area is 100 Å². The fourth-order valence-corrected chi connectivity index (χ4v) is 3.28. The van der Waals surface area contributed by atoms with Crippen LogP contribution >= 0.6 is 11.8 Å². The Hall–Kier alpha value is -0.620. The normalized spacial score (nSPS) is 27.2. The number of nitrogens with zero attached hydrogens (tertiary/aromatic N) is 4. The number of aromatic nitrogens is 4. The Balaban J connectivity index is 2.22. The van der Waals surface area contributed by atoms with Crippen LogP contribution in [0, 0.1) is 0 Å². The second kappa shape index (κ2) is 5.14. The van der Waals surface area contributed by atoms with Gasteiger partial charge in [-0.15, -0.1) is 5.10 Å². The van der Waals surface area contributed by atoms with Crippen molar-refractivity contribution >= 4 is 11.8 Å². The van der Waals surface area contributed by atoms with Gasteiger partial charge in [-0.2, -0.15) is 11.8 Å². The predicted molar refractivity (Wildman–Crippen MR) is 65.5 cm³/mol. The number of nitrogens with one attached hydrogen (secondary N) is 1. The summed E-state index contributed by atoms with van der Waals surface area (Å²) in [5.41, 5.74) is 0. The van der Waals surface area contributed by atoms with E-state index in [0.29, 0.717) is 11.3 Å². The molecule has 1 N–H and O–H groups in total. The van der Waals surface area contributed by atoms with Gasteiger partial charge in [-0.25, -0.2) is 4.68 Å². The third-order valence-corrected chi connectivity index (χ3v) is 4.53. The molecule has 3 atom stereocenters. The summed E-state index contributed by atoms with van der Waals surface area (Å²) in [6.45, 7) is 2.09. The molecule has 1 heterocycles. The molecule has 2 rings (SSSR count). The molecule has 1 aromatic rings. The molecule has 1 aromatic heterocycles. The summed E-state index contributed by atoms with van der Waals surface area (Å²) in [7, 11) is 1.93. The quantitative estimate of drug-likeness (QED) is 0.864. The maximum atomic E-state index is 4.17.